The lowest BCUT2D eigenvalue weighted by molar-refractivity contribution is 0.0730. The molecule has 0 N–H and O–H groups in total. The minimum absolute atomic E-state index is 0.0376. The van der Waals surface area contributed by atoms with Gasteiger partial charge in [0.05, 0.1) is 13.2 Å². The maximum atomic E-state index is 12.7. The summed E-state index contributed by atoms with van der Waals surface area (Å²) in [4.78, 5) is 14.5. The Morgan fingerprint density at radius 1 is 1.19 bits per heavy atom. The van der Waals surface area contributed by atoms with Crippen LogP contribution >= 0.6 is 0 Å². The van der Waals surface area contributed by atoms with Crippen molar-refractivity contribution in [1.29, 1.82) is 0 Å². The largest absolute Gasteiger partial charge is 0.497 e. The molecule has 0 heterocycles. The smallest absolute Gasteiger partial charge is 0.254 e. The van der Waals surface area contributed by atoms with Crippen LogP contribution in [0.25, 0.3) is 0 Å². The normalized spacial score (nSPS) is 16.4. The highest BCUT2D eigenvalue weighted by Crippen LogP contribution is 2.35. The van der Waals surface area contributed by atoms with Crippen LogP contribution in [0.5, 0.6) is 5.75 Å². The van der Waals surface area contributed by atoms with Crippen LogP contribution in [0.3, 0.4) is 0 Å². The molecule has 3 nitrogen and oxygen atoms in total. The van der Waals surface area contributed by atoms with Crippen molar-refractivity contribution in [3.8, 4) is 5.75 Å². The molecule has 0 radical (unpaired) electrons. The number of hydrogen-bond acceptors (Lipinski definition) is 2. The topological polar surface area (TPSA) is 29.5 Å². The number of rotatable bonds is 3. The second-order valence-corrected chi connectivity index (χ2v) is 5.40. The number of aryl methyl sites for hydroxylation is 1. The molecular weight excluding hydrogens is 262 g/mol. The van der Waals surface area contributed by atoms with E-state index >= 15 is 0 Å². The fourth-order valence-corrected chi connectivity index (χ4v) is 3.04. The Labute approximate surface area is 125 Å². The molecule has 0 bridgehead atoms. The molecule has 0 saturated heterocycles. The molecule has 1 unspecified atom stereocenters. The maximum absolute atomic E-state index is 12.7. The SMILES string of the molecule is COc1cccc(C(=O)N(C)C2CCc3ccccc32)c1. The summed E-state index contributed by atoms with van der Waals surface area (Å²) in [6.45, 7) is 0. The van der Waals surface area contributed by atoms with Gasteiger partial charge in [-0.05, 0) is 42.2 Å². The quantitative estimate of drug-likeness (QED) is 0.862. The van der Waals surface area contributed by atoms with Gasteiger partial charge < -0.3 is 9.64 Å². The van der Waals surface area contributed by atoms with Crippen molar-refractivity contribution in [2.45, 2.75) is 18.9 Å². The summed E-state index contributed by atoms with van der Waals surface area (Å²) in [6.07, 6.45) is 2.03. The van der Waals surface area contributed by atoms with Gasteiger partial charge >= 0.3 is 0 Å². The lowest BCUT2D eigenvalue weighted by Crippen LogP contribution is -2.30. The van der Waals surface area contributed by atoms with Crippen molar-refractivity contribution < 1.29 is 9.53 Å². The standard InChI is InChI=1S/C18H19NO2/c1-19(17-11-10-13-6-3-4-9-16(13)17)18(20)14-7-5-8-15(12-14)21-2/h3-9,12,17H,10-11H2,1-2H3. The van der Waals surface area contributed by atoms with E-state index in [2.05, 4.69) is 18.2 Å². The number of hydrogen-bond donors (Lipinski definition) is 0. The molecule has 108 valence electrons. The lowest BCUT2D eigenvalue weighted by atomic mass is 10.1. The van der Waals surface area contributed by atoms with Gasteiger partial charge in [-0.15, -0.1) is 0 Å². The van der Waals surface area contributed by atoms with Gasteiger partial charge in [0.2, 0.25) is 0 Å². The minimum atomic E-state index is 0.0376. The predicted molar refractivity (Wildman–Crippen MR) is 82.6 cm³/mol. The first-order valence-electron chi connectivity index (χ1n) is 7.19. The lowest BCUT2D eigenvalue weighted by Gasteiger charge is -2.25. The van der Waals surface area contributed by atoms with E-state index in [0.717, 1.165) is 12.8 Å². The molecular formula is C18H19NO2. The number of benzene rings is 2. The fraction of sp³-hybridized carbons (Fsp3) is 0.278. The van der Waals surface area contributed by atoms with Crippen LogP contribution in [0.4, 0.5) is 0 Å². The molecule has 21 heavy (non-hydrogen) atoms. The predicted octanol–water partition coefficient (Wildman–Crippen LogP) is 3.45. The highest BCUT2D eigenvalue weighted by atomic mass is 16.5. The average molecular weight is 281 g/mol. The van der Waals surface area contributed by atoms with Gasteiger partial charge in [-0.3, -0.25) is 4.79 Å². The molecule has 1 aliphatic rings. The number of carbonyl (C=O) groups is 1. The number of methoxy groups -OCH3 is 1. The second-order valence-electron chi connectivity index (χ2n) is 5.40. The van der Waals surface area contributed by atoms with Crippen LogP contribution in [0, 0.1) is 0 Å². The molecule has 3 heteroatoms. The van der Waals surface area contributed by atoms with Crippen LogP contribution in [0.1, 0.15) is 33.9 Å². The van der Waals surface area contributed by atoms with Crippen LogP contribution in [-0.2, 0) is 6.42 Å². The molecule has 0 saturated carbocycles. The third-order valence-electron chi connectivity index (χ3n) is 4.21. The Bertz CT molecular complexity index is 666. The zero-order valence-electron chi connectivity index (χ0n) is 12.4. The Morgan fingerprint density at radius 2 is 2.00 bits per heavy atom. The van der Waals surface area contributed by atoms with E-state index in [4.69, 9.17) is 4.74 Å². The Kier molecular flexibility index (Phi) is 3.65. The molecule has 2 aromatic rings. The third-order valence-corrected chi connectivity index (χ3v) is 4.21. The number of fused-ring (bicyclic) bond motifs is 1. The monoisotopic (exact) mass is 281 g/mol. The Hall–Kier alpha value is -2.29. The fourth-order valence-electron chi connectivity index (χ4n) is 3.04. The third kappa shape index (κ3) is 2.51. The Morgan fingerprint density at radius 3 is 2.81 bits per heavy atom. The molecule has 0 fully saturated rings. The highest BCUT2D eigenvalue weighted by molar-refractivity contribution is 5.94. The van der Waals surface area contributed by atoms with E-state index in [1.54, 1.807) is 13.2 Å². The van der Waals surface area contributed by atoms with E-state index in [-0.39, 0.29) is 11.9 Å². The first-order chi connectivity index (χ1) is 10.2. The summed E-state index contributed by atoms with van der Waals surface area (Å²) in [5.74, 6) is 0.747. The van der Waals surface area contributed by atoms with Crippen LogP contribution in [0.2, 0.25) is 0 Å². The summed E-state index contributed by atoms with van der Waals surface area (Å²) < 4.78 is 5.20. The number of ether oxygens (including phenoxy) is 1. The highest BCUT2D eigenvalue weighted by Gasteiger charge is 2.28. The van der Waals surface area contributed by atoms with Crippen LogP contribution in [-0.4, -0.2) is 25.0 Å². The van der Waals surface area contributed by atoms with Crippen molar-refractivity contribution in [2.24, 2.45) is 0 Å². The number of nitrogens with zero attached hydrogens (tertiary/aromatic N) is 1. The van der Waals surface area contributed by atoms with E-state index < -0.39 is 0 Å². The minimum Gasteiger partial charge on any atom is -0.497 e. The Balaban J connectivity index is 1.85. The molecule has 2 aromatic carbocycles. The van der Waals surface area contributed by atoms with Crippen molar-refractivity contribution in [2.75, 3.05) is 14.2 Å². The van der Waals surface area contributed by atoms with Crippen LogP contribution in [0.15, 0.2) is 48.5 Å². The van der Waals surface area contributed by atoms with Gasteiger partial charge in [0.15, 0.2) is 0 Å². The van der Waals surface area contributed by atoms with E-state index in [1.807, 2.05) is 36.2 Å². The second kappa shape index (κ2) is 5.60. The van der Waals surface area contributed by atoms with Gasteiger partial charge in [0, 0.05) is 12.6 Å². The molecule has 0 aliphatic heterocycles. The zero-order valence-corrected chi connectivity index (χ0v) is 12.4. The van der Waals surface area contributed by atoms with E-state index in [1.165, 1.54) is 11.1 Å². The summed E-state index contributed by atoms with van der Waals surface area (Å²) in [7, 11) is 3.50. The molecule has 3 rings (SSSR count). The first kappa shape index (κ1) is 13.7. The van der Waals surface area contributed by atoms with Crippen molar-refractivity contribution in [3.63, 3.8) is 0 Å². The first-order valence-corrected chi connectivity index (χ1v) is 7.19. The zero-order chi connectivity index (χ0) is 14.8. The van der Waals surface area contributed by atoms with Gasteiger partial charge in [0.1, 0.15) is 5.75 Å². The molecule has 1 atom stereocenters. The number of carbonyl (C=O) groups excluding carboxylic acids is 1. The summed E-state index contributed by atoms with van der Waals surface area (Å²) in [5, 5.41) is 0. The van der Waals surface area contributed by atoms with Crippen molar-refractivity contribution >= 4 is 5.91 Å². The van der Waals surface area contributed by atoms with Gasteiger partial charge in [0.25, 0.3) is 5.91 Å². The van der Waals surface area contributed by atoms with Crippen molar-refractivity contribution in [1.82, 2.24) is 4.90 Å². The van der Waals surface area contributed by atoms with Crippen LogP contribution < -0.4 is 4.74 Å². The van der Waals surface area contributed by atoms with E-state index in [0.29, 0.717) is 11.3 Å². The summed E-state index contributed by atoms with van der Waals surface area (Å²) >= 11 is 0. The molecule has 0 aromatic heterocycles. The molecule has 0 spiro atoms. The van der Waals surface area contributed by atoms with Gasteiger partial charge in [-0.2, -0.15) is 0 Å². The molecule has 1 amide bonds. The van der Waals surface area contributed by atoms with E-state index in [9.17, 15) is 4.79 Å². The summed E-state index contributed by atoms with van der Waals surface area (Å²) in [5.41, 5.74) is 3.30. The average Bonchev–Trinajstić information content (AvgIpc) is 2.97. The van der Waals surface area contributed by atoms with Gasteiger partial charge in [-0.1, -0.05) is 30.3 Å². The van der Waals surface area contributed by atoms with Crippen molar-refractivity contribution in [3.05, 3.63) is 65.2 Å². The maximum Gasteiger partial charge on any atom is 0.254 e. The van der Waals surface area contributed by atoms with Gasteiger partial charge in [-0.25, -0.2) is 0 Å². The summed E-state index contributed by atoms with van der Waals surface area (Å²) in [6, 6.07) is 15.9. The number of amides is 1. The molecule has 1 aliphatic carbocycles.